The van der Waals surface area contributed by atoms with Crippen molar-refractivity contribution in [2.24, 2.45) is 10.8 Å². The van der Waals surface area contributed by atoms with Crippen LogP contribution in [0.4, 0.5) is 5.69 Å². The molecule has 2 heterocycles. The third-order valence-electron chi connectivity index (χ3n) is 9.04. The molecule has 0 amide bonds. The predicted molar refractivity (Wildman–Crippen MR) is 161 cm³/mol. The molecule has 0 N–H and O–H groups in total. The molecular weight excluding hydrogens is 530 g/mol. The van der Waals surface area contributed by atoms with E-state index in [4.69, 9.17) is 14.2 Å². The van der Waals surface area contributed by atoms with Gasteiger partial charge in [-0.25, -0.2) is 0 Å². The maximum absolute atomic E-state index is 14.8. The van der Waals surface area contributed by atoms with Crippen LogP contribution in [0, 0.1) is 17.8 Å². The maximum Gasteiger partial charge on any atom is 0.203 e. The van der Waals surface area contributed by atoms with Crippen LogP contribution in [0.1, 0.15) is 64.1 Å². The molecule has 7 nitrogen and oxygen atoms in total. The van der Waals surface area contributed by atoms with E-state index in [1.165, 1.54) is 21.3 Å². The van der Waals surface area contributed by atoms with Gasteiger partial charge in [-0.15, -0.1) is 0 Å². The van der Waals surface area contributed by atoms with Crippen molar-refractivity contribution in [1.29, 1.82) is 0 Å². The fourth-order valence-corrected chi connectivity index (χ4v) is 7.25. The second-order valence-electron chi connectivity index (χ2n) is 12.3. The SMILES string of the molecule is COc1ccc([C@H]2[C@H](C(=O)C(C)(C)C)N3c4ccc(C)cc4C=C[C@H]3C23C(=O)c2ccccc2C3=O)c(OC)c1OC. The molecule has 0 aromatic heterocycles. The minimum atomic E-state index is -1.62. The Labute approximate surface area is 246 Å². The number of hydrogen-bond donors (Lipinski definition) is 0. The third kappa shape index (κ3) is 3.55. The highest BCUT2D eigenvalue weighted by atomic mass is 16.5. The van der Waals surface area contributed by atoms with E-state index < -0.39 is 28.8 Å². The van der Waals surface area contributed by atoms with E-state index >= 15 is 0 Å². The number of ketones is 3. The van der Waals surface area contributed by atoms with Gasteiger partial charge < -0.3 is 19.1 Å². The highest BCUT2D eigenvalue weighted by Crippen LogP contribution is 2.63. The van der Waals surface area contributed by atoms with Crippen LogP contribution in [0.2, 0.25) is 0 Å². The monoisotopic (exact) mass is 565 g/mol. The lowest BCUT2D eigenvalue weighted by Gasteiger charge is -2.38. The number of carbonyl (C=O) groups excluding carboxylic acids is 3. The molecule has 0 bridgehead atoms. The van der Waals surface area contributed by atoms with E-state index in [1.807, 2.05) is 56.9 Å². The normalized spacial score (nSPS) is 21.7. The van der Waals surface area contributed by atoms with Gasteiger partial charge in [0.1, 0.15) is 5.41 Å². The number of aryl methyl sites for hydroxylation is 1. The Bertz CT molecular complexity index is 1640. The highest BCUT2D eigenvalue weighted by molar-refractivity contribution is 6.32. The second kappa shape index (κ2) is 9.58. The van der Waals surface area contributed by atoms with Crippen LogP contribution in [0.3, 0.4) is 0 Å². The van der Waals surface area contributed by atoms with Crippen molar-refractivity contribution in [3.8, 4) is 17.2 Å². The largest absolute Gasteiger partial charge is 0.493 e. The minimum Gasteiger partial charge on any atom is -0.493 e. The van der Waals surface area contributed by atoms with Crippen molar-refractivity contribution in [2.75, 3.05) is 26.2 Å². The van der Waals surface area contributed by atoms with Crippen LogP contribution in [-0.4, -0.2) is 50.8 Å². The lowest BCUT2D eigenvalue weighted by Crippen LogP contribution is -2.49. The number of carbonyl (C=O) groups is 3. The standard InChI is InChI=1S/C35H35NO6/c1-19-12-15-24-20(18-19)13-17-26-35(31(37)21-10-8-9-11-22(21)32(35)38)27(28(36(24)26)33(39)34(2,3)4)23-14-16-25(40-5)30(42-7)29(23)41-6/h8-18,26-28H,1-7H3/t26-,27-,28+/m0/s1. The van der Waals surface area contributed by atoms with E-state index in [0.29, 0.717) is 33.9 Å². The molecule has 0 radical (unpaired) electrons. The molecule has 42 heavy (non-hydrogen) atoms. The summed E-state index contributed by atoms with van der Waals surface area (Å²) < 4.78 is 17.3. The molecule has 6 rings (SSSR count). The van der Waals surface area contributed by atoms with Crippen molar-refractivity contribution in [2.45, 2.75) is 45.7 Å². The summed E-state index contributed by atoms with van der Waals surface area (Å²) in [5.74, 6) is -0.444. The fraction of sp³-hybridized carbons (Fsp3) is 0.343. The van der Waals surface area contributed by atoms with Crippen molar-refractivity contribution in [1.82, 2.24) is 0 Å². The average molecular weight is 566 g/mol. The molecule has 1 saturated heterocycles. The Kier molecular flexibility index (Phi) is 6.33. The summed E-state index contributed by atoms with van der Waals surface area (Å²) in [5, 5.41) is 0. The summed E-state index contributed by atoms with van der Waals surface area (Å²) in [6, 6.07) is 15.0. The van der Waals surface area contributed by atoms with Crippen molar-refractivity contribution in [3.05, 3.63) is 88.5 Å². The number of benzene rings is 3. The predicted octanol–water partition coefficient (Wildman–Crippen LogP) is 6.07. The van der Waals surface area contributed by atoms with Crippen molar-refractivity contribution >= 4 is 29.1 Å². The van der Waals surface area contributed by atoms with Gasteiger partial charge >= 0.3 is 0 Å². The van der Waals surface area contributed by atoms with Gasteiger partial charge in [0.05, 0.1) is 33.4 Å². The summed E-state index contributed by atoms with van der Waals surface area (Å²) in [5.41, 5.74) is 1.70. The molecule has 2 aliphatic heterocycles. The van der Waals surface area contributed by atoms with Crippen LogP contribution in [0.25, 0.3) is 6.08 Å². The van der Waals surface area contributed by atoms with Gasteiger partial charge in [0.15, 0.2) is 28.8 Å². The lowest BCUT2D eigenvalue weighted by atomic mass is 9.63. The molecule has 0 saturated carbocycles. The van der Waals surface area contributed by atoms with E-state index in [1.54, 1.807) is 36.4 Å². The molecule has 3 aliphatic rings. The summed E-state index contributed by atoms with van der Waals surface area (Å²) in [6.07, 6.45) is 3.90. The van der Waals surface area contributed by atoms with Crippen LogP contribution in [-0.2, 0) is 4.79 Å². The molecule has 216 valence electrons. The zero-order chi connectivity index (χ0) is 30.1. The molecular formula is C35H35NO6. The number of ether oxygens (including phenoxy) is 3. The zero-order valence-electron chi connectivity index (χ0n) is 25.0. The van der Waals surface area contributed by atoms with Crippen molar-refractivity contribution in [3.63, 3.8) is 0 Å². The van der Waals surface area contributed by atoms with Gasteiger partial charge in [-0.1, -0.05) is 74.9 Å². The first-order valence-electron chi connectivity index (χ1n) is 14.1. The number of hydrogen-bond acceptors (Lipinski definition) is 7. The number of methoxy groups -OCH3 is 3. The quantitative estimate of drug-likeness (QED) is 0.347. The Morgan fingerprint density at radius 3 is 2.07 bits per heavy atom. The van der Waals surface area contributed by atoms with E-state index in [0.717, 1.165) is 16.8 Å². The third-order valence-corrected chi connectivity index (χ3v) is 9.04. The van der Waals surface area contributed by atoms with Gasteiger partial charge in [0.25, 0.3) is 0 Å². The smallest absolute Gasteiger partial charge is 0.203 e. The molecule has 1 spiro atoms. The van der Waals surface area contributed by atoms with Crippen molar-refractivity contribution < 1.29 is 28.6 Å². The minimum absolute atomic E-state index is 0.0791. The number of Topliss-reactive ketones (excluding diaryl/α,β-unsaturated/α-hetero) is 3. The van der Waals surface area contributed by atoms with Crippen LogP contribution in [0.5, 0.6) is 17.2 Å². The fourth-order valence-electron chi connectivity index (χ4n) is 7.25. The summed E-state index contributed by atoms with van der Waals surface area (Å²) in [7, 11) is 4.56. The van der Waals surface area contributed by atoms with Gasteiger partial charge in [-0.2, -0.15) is 0 Å². The highest BCUT2D eigenvalue weighted by Gasteiger charge is 2.72. The van der Waals surface area contributed by atoms with E-state index in [-0.39, 0.29) is 17.3 Å². The number of rotatable bonds is 5. The Morgan fingerprint density at radius 2 is 1.50 bits per heavy atom. The Balaban J connectivity index is 1.75. The van der Waals surface area contributed by atoms with E-state index in [9.17, 15) is 14.4 Å². The van der Waals surface area contributed by atoms with Crippen LogP contribution < -0.4 is 19.1 Å². The lowest BCUT2D eigenvalue weighted by molar-refractivity contribution is -0.127. The summed E-state index contributed by atoms with van der Waals surface area (Å²) in [6.45, 7) is 7.64. The van der Waals surface area contributed by atoms with Crippen LogP contribution in [0.15, 0.2) is 60.7 Å². The first-order chi connectivity index (χ1) is 20.0. The Morgan fingerprint density at radius 1 is 0.857 bits per heavy atom. The molecule has 1 fully saturated rings. The van der Waals surface area contributed by atoms with Gasteiger partial charge in [0, 0.05) is 33.7 Å². The number of fused-ring (bicyclic) bond motifs is 5. The second-order valence-corrected chi connectivity index (χ2v) is 12.3. The van der Waals surface area contributed by atoms with E-state index in [2.05, 4.69) is 6.07 Å². The molecule has 3 aromatic carbocycles. The van der Waals surface area contributed by atoms with Crippen LogP contribution >= 0.6 is 0 Å². The zero-order valence-corrected chi connectivity index (χ0v) is 25.0. The van der Waals surface area contributed by atoms with Gasteiger partial charge in [-0.3, -0.25) is 14.4 Å². The molecule has 3 aromatic rings. The first kappa shape index (κ1) is 27.8. The summed E-state index contributed by atoms with van der Waals surface area (Å²) in [4.78, 5) is 46.4. The molecule has 1 aliphatic carbocycles. The van der Waals surface area contributed by atoms with Gasteiger partial charge in [-0.05, 0) is 30.7 Å². The van der Waals surface area contributed by atoms with Gasteiger partial charge in [0.2, 0.25) is 5.75 Å². The summed E-state index contributed by atoms with van der Waals surface area (Å²) >= 11 is 0. The first-order valence-corrected chi connectivity index (χ1v) is 14.1. The molecule has 3 atom stereocenters. The number of nitrogens with zero attached hydrogens (tertiary/aromatic N) is 1. The maximum atomic E-state index is 14.8. The molecule has 0 unspecified atom stereocenters. The molecule has 7 heteroatoms. The topological polar surface area (TPSA) is 82.1 Å². The number of anilines is 1. The average Bonchev–Trinajstić information content (AvgIpc) is 3.40. The Hall–Kier alpha value is -4.39.